The average Bonchev–Trinajstić information content (AvgIpc) is 2.54. The molecule has 0 aliphatic carbocycles. The molecule has 0 atom stereocenters. The highest BCUT2D eigenvalue weighted by Crippen LogP contribution is 2.24. The van der Waals surface area contributed by atoms with Crippen molar-refractivity contribution in [3.8, 4) is 0 Å². The second kappa shape index (κ2) is 8.09. The van der Waals surface area contributed by atoms with Crippen molar-refractivity contribution in [2.45, 2.75) is 13.8 Å². The minimum Gasteiger partial charge on any atom is -0.465 e. The van der Waals surface area contributed by atoms with Crippen LogP contribution in [0.4, 0.5) is 0 Å². The lowest BCUT2D eigenvalue weighted by molar-refractivity contribution is -0.144. The summed E-state index contributed by atoms with van der Waals surface area (Å²) in [6.45, 7) is 5.22. The zero-order valence-corrected chi connectivity index (χ0v) is 12.9. The Kier molecular flexibility index (Phi) is 6.46. The molecule has 0 heterocycles. The third-order valence-corrected chi connectivity index (χ3v) is 3.14. The van der Waals surface area contributed by atoms with Crippen molar-refractivity contribution in [1.29, 1.82) is 0 Å². The number of ether oxygens (including phenoxy) is 2. The van der Waals surface area contributed by atoms with Crippen LogP contribution < -0.4 is 0 Å². The summed E-state index contributed by atoms with van der Waals surface area (Å²) in [7, 11) is 2.49. The maximum absolute atomic E-state index is 12.1. The highest BCUT2D eigenvalue weighted by molar-refractivity contribution is 6.19. The van der Waals surface area contributed by atoms with Gasteiger partial charge in [0.1, 0.15) is 0 Å². The van der Waals surface area contributed by atoms with Crippen molar-refractivity contribution in [3.63, 3.8) is 0 Å². The molecule has 0 amide bonds. The first-order chi connectivity index (χ1) is 10.1. The van der Waals surface area contributed by atoms with Crippen molar-refractivity contribution in [1.82, 2.24) is 4.90 Å². The van der Waals surface area contributed by atoms with Crippen LogP contribution in [0.5, 0.6) is 0 Å². The van der Waals surface area contributed by atoms with Gasteiger partial charge in [0, 0.05) is 13.1 Å². The van der Waals surface area contributed by atoms with Gasteiger partial charge in [0.05, 0.1) is 19.9 Å². The number of hydrogen-bond donors (Lipinski definition) is 0. The molecule has 0 fully saturated rings. The van der Waals surface area contributed by atoms with Gasteiger partial charge in [0.2, 0.25) is 0 Å². The van der Waals surface area contributed by atoms with Crippen LogP contribution in [0, 0.1) is 0 Å². The van der Waals surface area contributed by atoms with Crippen LogP contribution in [0.1, 0.15) is 19.4 Å². The van der Waals surface area contributed by atoms with E-state index in [1.54, 1.807) is 0 Å². The molecule has 0 unspecified atom stereocenters. The molecule has 0 bridgehead atoms. The van der Waals surface area contributed by atoms with E-state index < -0.39 is 11.9 Å². The van der Waals surface area contributed by atoms with E-state index >= 15 is 0 Å². The average molecular weight is 291 g/mol. The fraction of sp³-hybridized carbons (Fsp3) is 0.375. The van der Waals surface area contributed by atoms with Crippen LogP contribution in [0.25, 0.3) is 5.70 Å². The van der Waals surface area contributed by atoms with Gasteiger partial charge in [-0.05, 0) is 19.4 Å². The molecule has 0 aliphatic rings. The minimum atomic E-state index is -0.701. The highest BCUT2D eigenvalue weighted by atomic mass is 16.5. The zero-order chi connectivity index (χ0) is 15.8. The normalized spacial score (nSPS) is 9.71. The second-order valence-electron chi connectivity index (χ2n) is 4.25. The van der Waals surface area contributed by atoms with E-state index in [0.717, 1.165) is 5.56 Å². The third-order valence-electron chi connectivity index (χ3n) is 3.14. The summed E-state index contributed by atoms with van der Waals surface area (Å²) < 4.78 is 9.51. The van der Waals surface area contributed by atoms with Crippen molar-refractivity contribution >= 4 is 17.6 Å². The first-order valence-electron chi connectivity index (χ1n) is 6.81. The monoisotopic (exact) mass is 291 g/mol. The largest absolute Gasteiger partial charge is 0.465 e. The van der Waals surface area contributed by atoms with Crippen molar-refractivity contribution < 1.29 is 19.1 Å². The van der Waals surface area contributed by atoms with E-state index in [1.807, 2.05) is 49.1 Å². The number of hydrogen-bond acceptors (Lipinski definition) is 5. The number of benzene rings is 1. The van der Waals surface area contributed by atoms with E-state index in [4.69, 9.17) is 9.47 Å². The number of nitrogens with zero attached hydrogens (tertiary/aromatic N) is 1. The molecule has 1 aromatic carbocycles. The predicted molar refractivity (Wildman–Crippen MR) is 80.3 cm³/mol. The Morgan fingerprint density at radius 1 is 0.952 bits per heavy atom. The summed E-state index contributed by atoms with van der Waals surface area (Å²) in [5.41, 5.74) is 1.21. The fourth-order valence-electron chi connectivity index (χ4n) is 2.10. The summed E-state index contributed by atoms with van der Waals surface area (Å²) >= 11 is 0. The van der Waals surface area contributed by atoms with Gasteiger partial charge in [-0.3, -0.25) is 0 Å². The van der Waals surface area contributed by atoms with Crippen LogP contribution in [0.2, 0.25) is 0 Å². The molecule has 0 saturated carbocycles. The van der Waals surface area contributed by atoms with Crippen molar-refractivity contribution in [2.24, 2.45) is 0 Å². The van der Waals surface area contributed by atoms with E-state index in [9.17, 15) is 9.59 Å². The molecule has 0 aromatic heterocycles. The molecule has 114 valence electrons. The highest BCUT2D eigenvalue weighted by Gasteiger charge is 2.28. The summed E-state index contributed by atoms with van der Waals surface area (Å²) in [6.07, 6.45) is 0. The van der Waals surface area contributed by atoms with Gasteiger partial charge < -0.3 is 14.4 Å². The maximum Gasteiger partial charge on any atom is 0.347 e. The van der Waals surface area contributed by atoms with Gasteiger partial charge in [0.15, 0.2) is 5.57 Å². The predicted octanol–water partition coefficient (Wildman–Crippen LogP) is 2.09. The van der Waals surface area contributed by atoms with Crippen LogP contribution in [-0.4, -0.2) is 44.1 Å². The van der Waals surface area contributed by atoms with Crippen LogP contribution in [0.15, 0.2) is 35.9 Å². The molecule has 1 rings (SSSR count). The lowest BCUT2D eigenvalue weighted by Gasteiger charge is -2.26. The molecule has 21 heavy (non-hydrogen) atoms. The van der Waals surface area contributed by atoms with Gasteiger partial charge in [-0.2, -0.15) is 0 Å². The number of methoxy groups -OCH3 is 2. The smallest absolute Gasteiger partial charge is 0.347 e. The van der Waals surface area contributed by atoms with Crippen LogP contribution in [-0.2, 0) is 19.1 Å². The summed E-state index contributed by atoms with van der Waals surface area (Å²) in [5, 5.41) is 0. The first-order valence-corrected chi connectivity index (χ1v) is 6.81. The van der Waals surface area contributed by atoms with Crippen molar-refractivity contribution in [2.75, 3.05) is 27.3 Å². The topological polar surface area (TPSA) is 55.8 Å². The Labute approximate surface area is 125 Å². The Balaban J connectivity index is 3.60. The molecule has 5 nitrogen and oxygen atoms in total. The second-order valence-corrected chi connectivity index (χ2v) is 4.25. The van der Waals surface area contributed by atoms with Gasteiger partial charge in [-0.25, -0.2) is 9.59 Å². The van der Waals surface area contributed by atoms with Gasteiger partial charge >= 0.3 is 11.9 Å². The number of carbonyl (C=O) groups is 2. The fourth-order valence-corrected chi connectivity index (χ4v) is 2.10. The SMILES string of the molecule is CCN(CC)C(=C(C(=O)OC)C(=O)OC)c1ccccc1. The van der Waals surface area contributed by atoms with E-state index in [1.165, 1.54) is 14.2 Å². The molecule has 0 N–H and O–H groups in total. The quantitative estimate of drug-likeness (QED) is 0.348. The molecule has 0 saturated heterocycles. The standard InChI is InChI=1S/C16H21NO4/c1-5-17(6-2)14(12-10-8-7-9-11-12)13(15(18)20-3)16(19)21-4/h7-11H,5-6H2,1-4H3. The van der Waals surface area contributed by atoms with E-state index in [0.29, 0.717) is 18.8 Å². The van der Waals surface area contributed by atoms with E-state index in [-0.39, 0.29) is 5.57 Å². The maximum atomic E-state index is 12.1. The summed E-state index contributed by atoms with van der Waals surface area (Å²) in [4.78, 5) is 26.0. The molecule has 1 aromatic rings. The molecule has 5 heteroatoms. The number of rotatable bonds is 6. The van der Waals surface area contributed by atoms with Crippen molar-refractivity contribution in [3.05, 3.63) is 41.5 Å². The summed E-state index contributed by atoms with van der Waals surface area (Å²) in [6, 6.07) is 9.27. The summed E-state index contributed by atoms with van der Waals surface area (Å²) in [5.74, 6) is -1.40. The van der Waals surface area contributed by atoms with Gasteiger partial charge in [-0.1, -0.05) is 30.3 Å². The number of carbonyl (C=O) groups excluding carboxylic acids is 2. The molecular weight excluding hydrogens is 270 g/mol. The Bertz CT molecular complexity index is 500. The minimum absolute atomic E-state index is 0.0881. The van der Waals surface area contributed by atoms with Gasteiger partial charge in [-0.15, -0.1) is 0 Å². The van der Waals surface area contributed by atoms with Gasteiger partial charge in [0.25, 0.3) is 0 Å². The zero-order valence-electron chi connectivity index (χ0n) is 12.9. The Hall–Kier alpha value is -2.30. The number of esters is 2. The first kappa shape index (κ1) is 16.8. The Morgan fingerprint density at radius 3 is 1.81 bits per heavy atom. The molecular formula is C16H21NO4. The third kappa shape index (κ3) is 3.84. The molecule has 0 spiro atoms. The van der Waals surface area contributed by atoms with E-state index in [2.05, 4.69) is 0 Å². The van der Waals surface area contributed by atoms with Crippen LogP contribution >= 0.6 is 0 Å². The van der Waals surface area contributed by atoms with Crippen LogP contribution in [0.3, 0.4) is 0 Å². The Morgan fingerprint density at radius 2 is 1.43 bits per heavy atom. The lowest BCUT2D eigenvalue weighted by atomic mass is 10.0. The molecule has 0 aliphatic heterocycles. The lowest BCUT2D eigenvalue weighted by Crippen LogP contribution is -2.28. The molecule has 0 radical (unpaired) electrons.